The second kappa shape index (κ2) is 5.93. The Morgan fingerprint density at radius 3 is 2.73 bits per heavy atom. The molecule has 0 atom stereocenters. The van der Waals surface area contributed by atoms with Gasteiger partial charge in [0.2, 0.25) is 0 Å². The lowest BCUT2D eigenvalue weighted by Crippen LogP contribution is -2.58. The molecule has 26 heavy (non-hydrogen) atoms. The van der Waals surface area contributed by atoms with Crippen molar-refractivity contribution in [2.75, 3.05) is 26.3 Å². The number of nitrogens with zero attached hydrogens (tertiary/aromatic N) is 4. The highest BCUT2D eigenvalue weighted by molar-refractivity contribution is 5.83. The molecular formula is C20H25N5O. The Balaban J connectivity index is 1.46. The first-order valence-corrected chi connectivity index (χ1v) is 9.45. The van der Waals surface area contributed by atoms with Gasteiger partial charge in [-0.05, 0) is 38.5 Å². The third-order valence-electron chi connectivity index (χ3n) is 5.75. The maximum absolute atomic E-state index is 5.33. The van der Waals surface area contributed by atoms with Crippen LogP contribution in [-0.2, 0) is 4.74 Å². The molecule has 2 aliphatic rings. The van der Waals surface area contributed by atoms with Gasteiger partial charge < -0.3 is 9.72 Å². The number of rotatable bonds is 4. The van der Waals surface area contributed by atoms with E-state index in [9.17, 15) is 0 Å². The molecule has 0 spiro atoms. The van der Waals surface area contributed by atoms with Crippen LogP contribution in [0.4, 0.5) is 0 Å². The van der Waals surface area contributed by atoms with Gasteiger partial charge in [0.25, 0.3) is 0 Å². The van der Waals surface area contributed by atoms with Gasteiger partial charge in [0.05, 0.1) is 24.9 Å². The molecule has 5 heterocycles. The summed E-state index contributed by atoms with van der Waals surface area (Å²) in [6.45, 7) is 10.5. The summed E-state index contributed by atoms with van der Waals surface area (Å²) in [6.07, 6.45) is 3.93. The highest BCUT2D eigenvalue weighted by Gasteiger charge is 2.38. The zero-order valence-corrected chi connectivity index (χ0v) is 15.6. The molecule has 3 aromatic heterocycles. The van der Waals surface area contributed by atoms with Crippen molar-refractivity contribution in [3.05, 3.63) is 35.8 Å². The summed E-state index contributed by atoms with van der Waals surface area (Å²) in [5.41, 5.74) is 5.61. The molecule has 136 valence electrons. The van der Waals surface area contributed by atoms with Crippen LogP contribution in [-0.4, -0.2) is 57.0 Å². The summed E-state index contributed by atoms with van der Waals surface area (Å²) in [5, 5.41) is 6.10. The quantitative estimate of drug-likeness (QED) is 0.785. The van der Waals surface area contributed by atoms with Gasteiger partial charge in [-0.1, -0.05) is 0 Å². The normalized spacial score (nSPS) is 19.2. The number of hydrogen-bond acceptors (Lipinski definition) is 4. The Hall–Kier alpha value is -2.18. The Morgan fingerprint density at radius 2 is 2.04 bits per heavy atom. The summed E-state index contributed by atoms with van der Waals surface area (Å²) in [7, 11) is 0. The average molecular weight is 351 g/mol. The topological polar surface area (TPSA) is 59.0 Å². The van der Waals surface area contributed by atoms with Crippen LogP contribution < -0.4 is 0 Å². The molecular weight excluding hydrogens is 326 g/mol. The van der Waals surface area contributed by atoms with Crippen molar-refractivity contribution in [1.29, 1.82) is 0 Å². The number of H-pyrrole nitrogens is 1. The van der Waals surface area contributed by atoms with E-state index in [4.69, 9.17) is 9.84 Å². The standard InChI is InChI=1S/C20H25N5O/c1-12(2)25-19(15-8-24(9-15)16-10-26-11-16)5-18(23-25)14-4-17-13(3)6-21-20(17)22-7-14/h4-7,12,15-16H,8-11H2,1-3H3,(H,21,22). The molecule has 0 bridgehead atoms. The van der Waals surface area contributed by atoms with Crippen LogP contribution in [0.5, 0.6) is 0 Å². The highest BCUT2D eigenvalue weighted by atomic mass is 16.5. The SMILES string of the molecule is Cc1c[nH]c2ncc(-c3cc(C4CN(C5COC5)C4)n(C(C)C)n3)cc12. The number of ether oxygens (including phenoxy) is 1. The number of fused-ring (bicyclic) bond motifs is 1. The lowest BCUT2D eigenvalue weighted by atomic mass is 9.92. The van der Waals surface area contributed by atoms with E-state index in [-0.39, 0.29) is 0 Å². The molecule has 6 heteroatoms. The third-order valence-corrected chi connectivity index (χ3v) is 5.75. The van der Waals surface area contributed by atoms with Crippen LogP contribution in [0.15, 0.2) is 24.5 Å². The second-order valence-corrected chi connectivity index (χ2v) is 7.93. The Bertz CT molecular complexity index is 946. The molecule has 0 aromatic carbocycles. The van der Waals surface area contributed by atoms with E-state index in [2.05, 4.69) is 52.5 Å². The Labute approximate surface area is 153 Å². The minimum Gasteiger partial charge on any atom is -0.378 e. The Kier molecular flexibility index (Phi) is 3.65. The molecule has 0 saturated carbocycles. The van der Waals surface area contributed by atoms with Crippen LogP contribution >= 0.6 is 0 Å². The molecule has 0 aliphatic carbocycles. The maximum Gasteiger partial charge on any atom is 0.137 e. The van der Waals surface area contributed by atoms with Gasteiger partial charge in [-0.25, -0.2) is 4.98 Å². The fraction of sp³-hybridized carbons (Fsp3) is 0.500. The summed E-state index contributed by atoms with van der Waals surface area (Å²) in [5.74, 6) is 0.560. The number of pyridine rings is 1. The largest absolute Gasteiger partial charge is 0.378 e. The average Bonchev–Trinajstić information content (AvgIpc) is 3.13. The molecule has 3 aromatic rings. The highest BCUT2D eigenvalue weighted by Crippen LogP contribution is 2.34. The van der Waals surface area contributed by atoms with E-state index in [1.54, 1.807) is 0 Å². The van der Waals surface area contributed by atoms with Crippen molar-refractivity contribution in [1.82, 2.24) is 24.6 Å². The van der Waals surface area contributed by atoms with Crippen LogP contribution in [0.3, 0.4) is 0 Å². The van der Waals surface area contributed by atoms with Crippen LogP contribution in [0, 0.1) is 6.92 Å². The van der Waals surface area contributed by atoms with Crippen molar-refractivity contribution in [2.24, 2.45) is 0 Å². The van der Waals surface area contributed by atoms with E-state index in [1.165, 1.54) is 16.6 Å². The van der Waals surface area contributed by atoms with Crippen molar-refractivity contribution < 1.29 is 4.74 Å². The molecule has 1 N–H and O–H groups in total. The van der Waals surface area contributed by atoms with Gasteiger partial charge in [0, 0.05) is 54.1 Å². The second-order valence-electron chi connectivity index (χ2n) is 7.93. The van der Waals surface area contributed by atoms with Gasteiger partial charge in [-0.15, -0.1) is 0 Å². The fourth-order valence-corrected chi connectivity index (χ4v) is 3.98. The van der Waals surface area contributed by atoms with Crippen LogP contribution in [0.1, 0.15) is 37.1 Å². The molecule has 2 saturated heterocycles. The zero-order valence-electron chi connectivity index (χ0n) is 15.6. The zero-order chi connectivity index (χ0) is 17.8. The first kappa shape index (κ1) is 16.0. The van der Waals surface area contributed by atoms with E-state index in [1.807, 2.05) is 12.4 Å². The molecule has 0 amide bonds. The van der Waals surface area contributed by atoms with Crippen molar-refractivity contribution in [3.63, 3.8) is 0 Å². The number of aromatic amines is 1. The van der Waals surface area contributed by atoms with Gasteiger partial charge in [-0.2, -0.15) is 5.10 Å². The first-order chi connectivity index (χ1) is 12.6. The summed E-state index contributed by atoms with van der Waals surface area (Å²) in [6, 6.07) is 5.45. The molecule has 0 unspecified atom stereocenters. The number of nitrogens with one attached hydrogen (secondary N) is 1. The molecule has 5 rings (SSSR count). The lowest BCUT2D eigenvalue weighted by Gasteiger charge is -2.47. The number of aromatic nitrogens is 4. The monoisotopic (exact) mass is 351 g/mol. The van der Waals surface area contributed by atoms with Gasteiger partial charge in [-0.3, -0.25) is 9.58 Å². The van der Waals surface area contributed by atoms with Gasteiger partial charge in [0.15, 0.2) is 0 Å². The number of likely N-dealkylation sites (tertiary alicyclic amines) is 1. The van der Waals surface area contributed by atoms with E-state index < -0.39 is 0 Å². The predicted molar refractivity (Wildman–Crippen MR) is 101 cm³/mol. The fourth-order valence-electron chi connectivity index (χ4n) is 3.98. The maximum atomic E-state index is 5.33. The summed E-state index contributed by atoms with van der Waals surface area (Å²) < 4.78 is 7.52. The van der Waals surface area contributed by atoms with Crippen molar-refractivity contribution in [2.45, 2.75) is 38.8 Å². The van der Waals surface area contributed by atoms with Gasteiger partial charge >= 0.3 is 0 Å². The molecule has 2 fully saturated rings. The smallest absolute Gasteiger partial charge is 0.137 e. The van der Waals surface area contributed by atoms with E-state index in [0.29, 0.717) is 18.0 Å². The third kappa shape index (κ3) is 2.47. The molecule has 0 radical (unpaired) electrons. The van der Waals surface area contributed by atoms with Crippen LogP contribution in [0.25, 0.3) is 22.3 Å². The predicted octanol–water partition coefficient (Wildman–Crippen LogP) is 3.11. The van der Waals surface area contributed by atoms with Crippen molar-refractivity contribution in [3.8, 4) is 11.3 Å². The first-order valence-electron chi connectivity index (χ1n) is 9.45. The minimum absolute atomic E-state index is 0.352. The van der Waals surface area contributed by atoms with E-state index in [0.717, 1.165) is 43.2 Å². The Morgan fingerprint density at radius 1 is 1.23 bits per heavy atom. The lowest BCUT2D eigenvalue weighted by molar-refractivity contribution is -0.0913. The van der Waals surface area contributed by atoms with Crippen molar-refractivity contribution >= 4 is 11.0 Å². The van der Waals surface area contributed by atoms with E-state index >= 15 is 0 Å². The molecule has 2 aliphatic heterocycles. The number of aryl methyl sites for hydroxylation is 1. The summed E-state index contributed by atoms with van der Waals surface area (Å²) in [4.78, 5) is 10.3. The molecule has 6 nitrogen and oxygen atoms in total. The van der Waals surface area contributed by atoms with Crippen LogP contribution in [0.2, 0.25) is 0 Å². The van der Waals surface area contributed by atoms with Gasteiger partial charge in [0.1, 0.15) is 5.65 Å². The summed E-state index contributed by atoms with van der Waals surface area (Å²) >= 11 is 0. The minimum atomic E-state index is 0.352. The number of hydrogen-bond donors (Lipinski definition) is 1.